The fourth-order valence-electron chi connectivity index (χ4n) is 7.49. The van der Waals surface area contributed by atoms with Crippen LogP contribution in [0, 0.1) is 6.92 Å². The first kappa shape index (κ1) is 37.8. The van der Waals surface area contributed by atoms with E-state index in [1.807, 2.05) is 0 Å². The molecule has 0 spiro atoms. The highest BCUT2D eigenvalue weighted by Gasteiger charge is 2.21. The second-order valence-corrected chi connectivity index (χ2v) is 13.6. The van der Waals surface area contributed by atoms with Crippen LogP contribution in [-0.2, 0) is 47.9 Å². The Balaban J connectivity index is 1.19. The standard InChI is InChI=1S/C45H53N3O6/c1-34-12-14-35(15-13-34)48(36-16-18-44-40(32-36)38-8-4-6-10-42(38)46(44)20-22-51-28-30-53-26-24-49-2)37-17-19-45-41(33-37)39-9-5-7-11-43(39)47(45)21-23-52-29-31-54-27-25-50-3/h4,6-8,10-19,32-33H,5,9,20-31H2,1-3H3. The van der Waals surface area contributed by atoms with Gasteiger partial charge in [-0.05, 0) is 86.0 Å². The summed E-state index contributed by atoms with van der Waals surface area (Å²) in [6.07, 6.45) is 6.64. The van der Waals surface area contributed by atoms with E-state index < -0.39 is 0 Å². The number of aromatic nitrogens is 2. The first-order chi connectivity index (χ1) is 26.7. The zero-order chi connectivity index (χ0) is 37.1. The molecule has 4 aromatic carbocycles. The van der Waals surface area contributed by atoms with E-state index in [0.717, 1.165) is 43.0 Å². The van der Waals surface area contributed by atoms with Crippen molar-refractivity contribution in [3.05, 3.63) is 108 Å². The van der Waals surface area contributed by atoms with Crippen molar-refractivity contribution in [2.24, 2.45) is 0 Å². The van der Waals surface area contributed by atoms with Crippen LogP contribution in [0.4, 0.5) is 17.1 Å². The van der Waals surface area contributed by atoms with Crippen LogP contribution in [0.5, 0.6) is 0 Å². The summed E-state index contributed by atoms with van der Waals surface area (Å²) in [6, 6.07) is 31.3. The Morgan fingerprint density at radius 1 is 0.537 bits per heavy atom. The lowest BCUT2D eigenvalue weighted by molar-refractivity contribution is 0.0232. The van der Waals surface area contributed by atoms with Crippen molar-refractivity contribution in [2.75, 3.05) is 85.2 Å². The summed E-state index contributed by atoms with van der Waals surface area (Å²) in [5.41, 5.74) is 10.9. The van der Waals surface area contributed by atoms with E-state index >= 15 is 0 Å². The highest BCUT2D eigenvalue weighted by atomic mass is 16.5. The van der Waals surface area contributed by atoms with E-state index in [2.05, 4.69) is 118 Å². The smallest absolute Gasteiger partial charge is 0.0701 e. The van der Waals surface area contributed by atoms with Gasteiger partial charge in [0.2, 0.25) is 0 Å². The molecule has 9 heteroatoms. The predicted molar refractivity (Wildman–Crippen MR) is 219 cm³/mol. The van der Waals surface area contributed by atoms with Crippen LogP contribution in [0.2, 0.25) is 0 Å². The van der Waals surface area contributed by atoms with Crippen LogP contribution < -0.4 is 4.90 Å². The maximum Gasteiger partial charge on any atom is 0.0701 e. The van der Waals surface area contributed by atoms with E-state index in [1.54, 1.807) is 14.2 Å². The molecule has 0 radical (unpaired) electrons. The van der Waals surface area contributed by atoms with Crippen molar-refractivity contribution in [1.82, 2.24) is 9.13 Å². The number of fused-ring (bicyclic) bond motifs is 6. The number of nitrogens with zero attached hydrogens (tertiary/aromatic N) is 3. The summed E-state index contributed by atoms with van der Waals surface area (Å²) >= 11 is 0. The largest absolute Gasteiger partial charge is 0.382 e. The molecule has 0 amide bonds. The van der Waals surface area contributed by atoms with Gasteiger partial charge < -0.3 is 42.5 Å². The fourth-order valence-corrected chi connectivity index (χ4v) is 7.49. The molecule has 9 nitrogen and oxygen atoms in total. The number of benzene rings is 4. The molecular weight excluding hydrogens is 679 g/mol. The number of hydrogen-bond donors (Lipinski definition) is 0. The van der Waals surface area contributed by atoms with Gasteiger partial charge in [0, 0.05) is 82.8 Å². The van der Waals surface area contributed by atoms with Gasteiger partial charge in [-0.25, -0.2) is 0 Å². The zero-order valence-electron chi connectivity index (χ0n) is 31.9. The molecule has 6 aromatic rings. The Kier molecular flexibility index (Phi) is 13.1. The van der Waals surface area contributed by atoms with E-state index in [-0.39, 0.29) is 0 Å². The number of rotatable bonds is 21. The molecule has 284 valence electrons. The normalized spacial score (nSPS) is 12.7. The molecule has 2 heterocycles. The lowest BCUT2D eigenvalue weighted by atomic mass is 10.0. The Hall–Kier alpha value is -4.48. The summed E-state index contributed by atoms with van der Waals surface area (Å²) < 4.78 is 38.1. The first-order valence-corrected chi connectivity index (χ1v) is 19.2. The molecule has 2 aromatic heterocycles. The van der Waals surface area contributed by atoms with Crippen LogP contribution >= 0.6 is 0 Å². The molecule has 0 saturated carbocycles. The molecule has 0 saturated heterocycles. The molecular formula is C45H53N3O6. The lowest BCUT2D eigenvalue weighted by Crippen LogP contribution is -2.13. The third kappa shape index (κ3) is 8.57. The van der Waals surface area contributed by atoms with Crippen molar-refractivity contribution < 1.29 is 28.4 Å². The molecule has 0 bridgehead atoms. The Morgan fingerprint density at radius 3 is 1.74 bits per heavy atom. The van der Waals surface area contributed by atoms with Gasteiger partial charge >= 0.3 is 0 Å². The van der Waals surface area contributed by atoms with Crippen molar-refractivity contribution >= 4 is 55.8 Å². The van der Waals surface area contributed by atoms with Crippen LogP contribution in [-0.4, -0.2) is 89.4 Å². The number of aryl methyl sites for hydroxylation is 2. The average molecular weight is 732 g/mol. The highest BCUT2D eigenvalue weighted by Crippen LogP contribution is 2.41. The maximum absolute atomic E-state index is 5.99. The molecule has 0 atom stereocenters. The number of allylic oxidation sites excluding steroid dienone is 1. The van der Waals surface area contributed by atoms with Crippen molar-refractivity contribution in [3.8, 4) is 0 Å². The summed E-state index contributed by atoms with van der Waals surface area (Å²) in [4.78, 5) is 2.40. The molecule has 0 unspecified atom stereocenters. The third-order valence-electron chi connectivity index (χ3n) is 10.1. The van der Waals surface area contributed by atoms with Crippen molar-refractivity contribution in [2.45, 2.75) is 32.9 Å². The number of methoxy groups -OCH3 is 2. The van der Waals surface area contributed by atoms with Gasteiger partial charge in [0.25, 0.3) is 0 Å². The van der Waals surface area contributed by atoms with Gasteiger partial charge in [-0.3, -0.25) is 0 Å². The first-order valence-electron chi connectivity index (χ1n) is 19.2. The third-order valence-corrected chi connectivity index (χ3v) is 10.1. The molecule has 0 N–H and O–H groups in total. The quantitative estimate of drug-likeness (QED) is 0.0686. The Labute approximate surface area is 318 Å². The minimum atomic E-state index is 0.558. The maximum atomic E-state index is 5.99. The number of para-hydroxylation sites is 1. The molecule has 1 aliphatic carbocycles. The fraction of sp³-hybridized carbons (Fsp3) is 0.378. The van der Waals surface area contributed by atoms with Gasteiger partial charge in [-0.1, -0.05) is 42.0 Å². The second-order valence-electron chi connectivity index (χ2n) is 13.6. The molecule has 54 heavy (non-hydrogen) atoms. The van der Waals surface area contributed by atoms with Crippen molar-refractivity contribution in [3.63, 3.8) is 0 Å². The van der Waals surface area contributed by atoms with Gasteiger partial charge in [-0.2, -0.15) is 0 Å². The monoisotopic (exact) mass is 731 g/mol. The van der Waals surface area contributed by atoms with E-state index in [4.69, 9.17) is 28.4 Å². The Morgan fingerprint density at radius 2 is 1.07 bits per heavy atom. The predicted octanol–water partition coefficient (Wildman–Crippen LogP) is 8.85. The lowest BCUT2D eigenvalue weighted by Gasteiger charge is -2.26. The minimum absolute atomic E-state index is 0.558. The SMILES string of the molecule is COCCOCCOCCn1c2c(c3cc(N(c4ccc(C)cc4)c4ccc5c(c4)c4ccccc4n5CCOCCOCCOC)ccc31)CCC=C2. The van der Waals surface area contributed by atoms with Gasteiger partial charge in [0.05, 0.1) is 66.1 Å². The van der Waals surface area contributed by atoms with Gasteiger partial charge in [0.15, 0.2) is 0 Å². The van der Waals surface area contributed by atoms with Gasteiger partial charge in [-0.15, -0.1) is 0 Å². The summed E-state index contributed by atoms with van der Waals surface area (Å²) in [7, 11) is 3.36. The molecule has 1 aliphatic rings. The Bertz CT molecular complexity index is 2150. The van der Waals surface area contributed by atoms with Gasteiger partial charge in [0.1, 0.15) is 0 Å². The van der Waals surface area contributed by atoms with E-state index in [9.17, 15) is 0 Å². The second kappa shape index (κ2) is 18.7. The van der Waals surface area contributed by atoms with Crippen LogP contribution in [0.15, 0.2) is 91.0 Å². The molecule has 7 rings (SSSR count). The highest BCUT2D eigenvalue weighted by molar-refractivity contribution is 6.09. The van der Waals surface area contributed by atoms with Crippen LogP contribution in [0.1, 0.15) is 23.2 Å². The number of ether oxygens (including phenoxy) is 6. The zero-order valence-corrected chi connectivity index (χ0v) is 31.9. The van der Waals surface area contributed by atoms with E-state index in [1.165, 1.54) is 49.5 Å². The van der Waals surface area contributed by atoms with Crippen LogP contribution in [0.3, 0.4) is 0 Å². The van der Waals surface area contributed by atoms with E-state index in [0.29, 0.717) is 66.1 Å². The average Bonchev–Trinajstić information content (AvgIpc) is 3.69. The number of hydrogen-bond acceptors (Lipinski definition) is 7. The van der Waals surface area contributed by atoms with Crippen molar-refractivity contribution in [1.29, 1.82) is 0 Å². The summed E-state index contributed by atoms with van der Waals surface area (Å²) in [5.74, 6) is 0. The minimum Gasteiger partial charge on any atom is -0.382 e. The van der Waals surface area contributed by atoms with Crippen LogP contribution in [0.25, 0.3) is 38.8 Å². The molecule has 0 fully saturated rings. The number of anilines is 3. The molecule has 0 aliphatic heterocycles. The summed E-state index contributed by atoms with van der Waals surface area (Å²) in [6.45, 7) is 9.51. The summed E-state index contributed by atoms with van der Waals surface area (Å²) in [5, 5.41) is 3.76. The topological polar surface area (TPSA) is 68.5 Å².